The maximum Gasteiger partial charge on any atom is 0.433 e. The Bertz CT molecular complexity index is 1540. The second kappa shape index (κ2) is 11.4. The third-order valence-electron chi connectivity index (χ3n) is 5.68. The molecule has 1 aromatic heterocycles. The number of nitrogens with zero attached hydrogens (tertiary/aromatic N) is 4. The fourth-order valence-corrected chi connectivity index (χ4v) is 4.61. The molecule has 0 unspecified atom stereocenters. The summed E-state index contributed by atoms with van der Waals surface area (Å²) in [7, 11) is 1.33. The van der Waals surface area contributed by atoms with Crippen LogP contribution in [0.3, 0.4) is 0 Å². The van der Waals surface area contributed by atoms with Crippen LogP contribution >= 0.6 is 23.5 Å². The lowest BCUT2D eigenvalue weighted by Crippen LogP contribution is -2.28. The van der Waals surface area contributed by atoms with Crippen LogP contribution in [0.15, 0.2) is 53.1 Å². The fraction of sp³-hybridized carbons (Fsp3) is 0.192. The van der Waals surface area contributed by atoms with Crippen molar-refractivity contribution < 1.29 is 31.9 Å². The zero-order valence-corrected chi connectivity index (χ0v) is 21.6. The van der Waals surface area contributed by atoms with Crippen LogP contribution in [0.5, 0.6) is 5.75 Å². The van der Waals surface area contributed by atoms with Gasteiger partial charge in [-0.05, 0) is 36.4 Å². The number of benzene rings is 2. The second-order valence-corrected chi connectivity index (χ2v) is 9.49. The SMILES string of the molecule is CN(C(=O)c1ccc(Cl)c(-c2cnc(C(F)(F)F)cc2C#N)c1)c1c(F)cccc1OCCC1=NSC(=O)C1. The second-order valence-electron chi connectivity index (χ2n) is 8.27. The number of alkyl halides is 3. The molecule has 1 amide bonds. The number of nitriles is 1. The monoisotopic (exact) mass is 576 g/mol. The van der Waals surface area contributed by atoms with Crippen molar-refractivity contribution >= 4 is 46.0 Å². The van der Waals surface area contributed by atoms with E-state index in [9.17, 15) is 32.4 Å². The summed E-state index contributed by atoms with van der Waals surface area (Å²) in [5, 5.41) is 9.44. The molecule has 0 saturated carbocycles. The molecule has 39 heavy (non-hydrogen) atoms. The van der Waals surface area contributed by atoms with Crippen LogP contribution in [-0.2, 0) is 11.0 Å². The van der Waals surface area contributed by atoms with Gasteiger partial charge in [0.05, 0.1) is 24.7 Å². The molecule has 0 saturated heterocycles. The van der Waals surface area contributed by atoms with Crippen LogP contribution in [0, 0.1) is 17.1 Å². The number of ether oxygens (including phenoxy) is 1. The number of anilines is 1. The van der Waals surface area contributed by atoms with Crippen LogP contribution < -0.4 is 9.64 Å². The first-order valence-corrected chi connectivity index (χ1v) is 12.4. The molecule has 0 fully saturated rings. The Morgan fingerprint density at radius 3 is 2.67 bits per heavy atom. The number of rotatable bonds is 7. The van der Waals surface area contributed by atoms with E-state index in [1.807, 2.05) is 0 Å². The summed E-state index contributed by atoms with van der Waals surface area (Å²) in [5.41, 5.74) is -0.970. The highest BCUT2D eigenvalue weighted by Crippen LogP contribution is 2.36. The van der Waals surface area contributed by atoms with Crippen molar-refractivity contribution in [2.75, 3.05) is 18.6 Å². The maximum absolute atomic E-state index is 14.9. The highest BCUT2D eigenvalue weighted by Gasteiger charge is 2.33. The van der Waals surface area contributed by atoms with Gasteiger partial charge in [0.15, 0.2) is 5.82 Å². The summed E-state index contributed by atoms with van der Waals surface area (Å²) in [6, 6.07) is 10.4. The molecule has 7 nitrogen and oxygen atoms in total. The summed E-state index contributed by atoms with van der Waals surface area (Å²) in [4.78, 5) is 29.1. The van der Waals surface area contributed by atoms with E-state index in [-0.39, 0.29) is 56.9 Å². The minimum Gasteiger partial charge on any atom is -0.491 e. The maximum atomic E-state index is 14.9. The van der Waals surface area contributed by atoms with Crippen LogP contribution in [-0.4, -0.2) is 35.4 Å². The number of amides is 1. The molecule has 4 rings (SSSR count). The van der Waals surface area contributed by atoms with E-state index in [0.29, 0.717) is 18.2 Å². The normalized spacial score (nSPS) is 13.2. The molecule has 0 bridgehead atoms. The molecule has 200 valence electrons. The number of hydrogen-bond donors (Lipinski definition) is 0. The molecule has 0 N–H and O–H groups in total. The topological polar surface area (TPSA) is 95.7 Å². The zero-order valence-electron chi connectivity index (χ0n) is 20.1. The Kier molecular flexibility index (Phi) is 8.22. The molecule has 1 aliphatic heterocycles. The Balaban J connectivity index is 1.62. The van der Waals surface area contributed by atoms with Gasteiger partial charge in [0.2, 0.25) is 5.12 Å². The van der Waals surface area contributed by atoms with Gasteiger partial charge in [0.1, 0.15) is 17.1 Å². The van der Waals surface area contributed by atoms with Gasteiger partial charge in [-0.3, -0.25) is 14.6 Å². The lowest BCUT2D eigenvalue weighted by Gasteiger charge is -2.22. The van der Waals surface area contributed by atoms with Gasteiger partial charge in [-0.2, -0.15) is 18.4 Å². The summed E-state index contributed by atoms with van der Waals surface area (Å²) in [6.07, 6.45) is -3.34. The predicted molar refractivity (Wildman–Crippen MR) is 138 cm³/mol. The number of pyridine rings is 1. The van der Waals surface area contributed by atoms with Crippen LogP contribution in [0.4, 0.5) is 23.2 Å². The van der Waals surface area contributed by atoms with Crippen LogP contribution in [0.25, 0.3) is 11.1 Å². The first kappa shape index (κ1) is 28.1. The average molecular weight is 577 g/mol. The summed E-state index contributed by atoms with van der Waals surface area (Å²) in [5.74, 6) is -1.33. The van der Waals surface area contributed by atoms with E-state index < -0.39 is 23.6 Å². The summed E-state index contributed by atoms with van der Waals surface area (Å²) in [6.45, 7) is 0.0914. The minimum atomic E-state index is -4.76. The van der Waals surface area contributed by atoms with Crippen molar-refractivity contribution in [3.63, 3.8) is 0 Å². The molecule has 1 aliphatic rings. The van der Waals surface area contributed by atoms with E-state index in [4.69, 9.17) is 16.3 Å². The number of hydrogen-bond acceptors (Lipinski definition) is 7. The third kappa shape index (κ3) is 6.21. The summed E-state index contributed by atoms with van der Waals surface area (Å²) >= 11 is 7.13. The lowest BCUT2D eigenvalue weighted by molar-refractivity contribution is -0.141. The zero-order chi connectivity index (χ0) is 28.3. The number of para-hydroxylation sites is 1. The van der Waals surface area contributed by atoms with Gasteiger partial charge < -0.3 is 9.64 Å². The van der Waals surface area contributed by atoms with E-state index in [0.717, 1.165) is 29.1 Å². The van der Waals surface area contributed by atoms with Crippen LogP contribution in [0.2, 0.25) is 5.02 Å². The largest absolute Gasteiger partial charge is 0.491 e. The first-order valence-electron chi connectivity index (χ1n) is 11.2. The highest BCUT2D eigenvalue weighted by molar-refractivity contribution is 8.13. The molecule has 0 aliphatic carbocycles. The Morgan fingerprint density at radius 1 is 1.23 bits per heavy atom. The van der Waals surface area contributed by atoms with Crippen LogP contribution in [0.1, 0.15) is 34.5 Å². The molecule has 0 spiro atoms. The van der Waals surface area contributed by atoms with Crippen molar-refractivity contribution in [1.29, 1.82) is 5.26 Å². The fourth-order valence-electron chi connectivity index (χ4n) is 3.77. The van der Waals surface area contributed by atoms with E-state index in [1.54, 1.807) is 6.07 Å². The molecule has 2 heterocycles. The van der Waals surface area contributed by atoms with Gasteiger partial charge in [-0.1, -0.05) is 17.7 Å². The summed E-state index contributed by atoms with van der Waals surface area (Å²) < 4.78 is 63.8. The lowest BCUT2D eigenvalue weighted by atomic mass is 9.99. The predicted octanol–water partition coefficient (Wildman–Crippen LogP) is 6.50. The first-order chi connectivity index (χ1) is 18.5. The van der Waals surface area contributed by atoms with Crippen molar-refractivity contribution in [1.82, 2.24) is 4.98 Å². The van der Waals surface area contributed by atoms with Gasteiger partial charge in [0, 0.05) is 59.0 Å². The van der Waals surface area contributed by atoms with Crippen molar-refractivity contribution in [2.24, 2.45) is 4.40 Å². The smallest absolute Gasteiger partial charge is 0.433 e. The number of carbonyl (C=O) groups excluding carboxylic acids is 2. The third-order valence-corrected chi connectivity index (χ3v) is 6.71. The van der Waals surface area contributed by atoms with E-state index in [1.165, 1.54) is 37.4 Å². The van der Waals surface area contributed by atoms with E-state index in [2.05, 4.69) is 9.38 Å². The minimum absolute atomic E-state index is 0.00538. The molecule has 3 aromatic rings. The Hall–Kier alpha value is -3.95. The molecule has 0 radical (unpaired) electrons. The van der Waals surface area contributed by atoms with E-state index >= 15 is 0 Å². The van der Waals surface area contributed by atoms with Gasteiger partial charge in [-0.25, -0.2) is 8.79 Å². The van der Waals surface area contributed by atoms with Crippen molar-refractivity contribution in [2.45, 2.75) is 19.0 Å². The number of carbonyl (C=O) groups is 2. The molecular weight excluding hydrogens is 560 g/mol. The Morgan fingerprint density at radius 2 is 2.00 bits per heavy atom. The quantitative estimate of drug-likeness (QED) is 0.235. The van der Waals surface area contributed by atoms with Gasteiger partial charge in [0.25, 0.3) is 5.91 Å². The average Bonchev–Trinajstić information content (AvgIpc) is 3.32. The molecule has 2 aromatic carbocycles. The number of halogens is 5. The molecule has 13 heteroatoms. The Labute approximate surface area is 229 Å². The molecular formula is C26H17ClF4N4O3S. The molecule has 0 atom stereocenters. The standard InChI is InChI=1S/C26H17ClF4N4O3S/c1-35(24-20(28)3-2-4-21(24)38-8-7-16-11-23(36)39-34-16)25(37)14-5-6-19(27)17(9-14)18-13-33-22(26(29,30)31)10-15(18)12-32/h2-6,9-10,13H,7-8,11H2,1H3. The van der Waals surface area contributed by atoms with Crippen molar-refractivity contribution in [3.8, 4) is 22.9 Å². The highest BCUT2D eigenvalue weighted by atomic mass is 35.5. The van der Waals surface area contributed by atoms with Gasteiger partial charge in [-0.15, -0.1) is 0 Å². The number of aromatic nitrogens is 1. The van der Waals surface area contributed by atoms with Gasteiger partial charge >= 0.3 is 6.18 Å². The van der Waals surface area contributed by atoms with Crippen molar-refractivity contribution in [3.05, 3.63) is 76.3 Å².